The van der Waals surface area contributed by atoms with E-state index in [0.29, 0.717) is 0 Å². The first-order chi connectivity index (χ1) is 6.19. The fourth-order valence-corrected chi connectivity index (χ4v) is 2.95. The van der Waals surface area contributed by atoms with Gasteiger partial charge in [-0.3, -0.25) is 0 Å². The molecule has 0 aliphatic carbocycles. The van der Waals surface area contributed by atoms with E-state index in [2.05, 4.69) is 75.5 Å². The molecule has 13 heavy (non-hydrogen) atoms. The molecular weight excluding hydrogens is 341 g/mol. The second kappa shape index (κ2) is 5.20. The van der Waals surface area contributed by atoms with E-state index in [1.54, 1.807) is 0 Å². The first-order valence-electron chi connectivity index (χ1n) is 4.39. The Morgan fingerprint density at radius 1 is 1.31 bits per heavy atom. The summed E-state index contributed by atoms with van der Waals surface area (Å²) in [7, 11) is 0. The van der Waals surface area contributed by atoms with Crippen molar-refractivity contribution in [2.75, 3.05) is 18.0 Å². The molecule has 0 unspecified atom stereocenters. The van der Waals surface area contributed by atoms with Crippen LogP contribution in [0.5, 0.6) is 0 Å². The highest BCUT2D eigenvalue weighted by Gasteiger charge is 2.05. The van der Waals surface area contributed by atoms with E-state index in [1.807, 2.05) is 0 Å². The number of anilines is 1. The van der Waals surface area contributed by atoms with Crippen LogP contribution in [0, 0.1) is 3.57 Å². The molecule has 0 N–H and O–H groups in total. The summed E-state index contributed by atoms with van der Waals surface area (Å²) >= 11 is 5.84. The first kappa shape index (κ1) is 11.3. The molecule has 72 valence electrons. The van der Waals surface area contributed by atoms with Gasteiger partial charge in [0.2, 0.25) is 0 Å². The summed E-state index contributed by atoms with van der Waals surface area (Å²) < 4.78 is 2.45. The van der Waals surface area contributed by atoms with Crippen LogP contribution >= 0.6 is 38.5 Å². The third kappa shape index (κ3) is 2.84. The number of benzene rings is 1. The fourth-order valence-electron chi connectivity index (χ4n) is 1.30. The zero-order valence-corrected chi connectivity index (χ0v) is 11.6. The maximum Gasteiger partial charge on any atom is 0.0502 e. The van der Waals surface area contributed by atoms with E-state index in [9.17, 15) is 0 Å². The van der Waals surface area contributed by atoms with Crippen molar-refractivity contribution in [1.29, 1.82) is 0 Å². The minimum Gasteiger partial charge on any atom is -0.371 e. The topological polar surface area (TPSA) is 3.24 Å². The van der Waals surface area contributed by atoms with Crippen LogP contribution in [0.1, 0.15) is 13.8 Å². The quantitative estimate of drug-likeness (QED) is 0.745. The molecule has 0 bridgehead atoms. The Hall–Kier alpha value is 0.230. The second-order valence-corrected chi connectivity index (χ2v) is 4.85. The number of hydrogen-bond acceptors (Lipinski definition) is 1. The van der Waals surface area contributed by atoms with Crippen LogP contribution in [0.25, 0.3) is 0 Å². The van der Waals surface area contributed by atoms with Crippen LogP contribution in [0.2, 0.25) is 0 Å². The van der Waals surface area contributed by atoms with Crippen LogP contribution in [0.4, 0.5) is 5.69 Å². The van der Waals surface area contributed by atoms with Crippen molar-refractivity contribution >= 4 is 44.2 Å². The average molecular weight is 354 g/mol. The fraction of sp³-hybridized carbons (Fsp3) is 0.400. The smallest absolute Gasteiger partial charge is 0.0502 e. The molecule has 0 saturated carbocycles. The molecule has 1 aromatic carbocycles. The second-order valence-electron chi connectivity index (χ2n) is 2.77. The van der Waals surface area contributed by atoms with Gasteiger partial charge in [0.05, 0.1) is 5.69 Å². The predicted molar refractivity (Wildman–Crippen MR) is 70.4 cm³/mol. The molecule has 0 amide bonds. The van der Waals surface area contributed by atoms with Crippen molar-refractivity contribution in [3.05, 3.63) is 26.2 Å². The van der Waals surface area contributed by atoms with Gasteiger partial charge in [-0.1, -0.05) is 15.9 Å². The Labute approximate surface area is 102 Å². The number of halogens is 2. The van der Waals surface area contributed by atoms with Crippen molar-refractivity contribution in [2.24, 2.45) is 0 Å². The highest BCUT2D eigenvalue weighted by molar-refractivity contribution is 14.1. The van der Waals surface area contributed by atoms with Crippen molar-refractivity contribution in [3.8, 4) is 0 Å². The summed E-state index contributed by atoms with van der Waals surface area (Å²) in [5.74, 6) is 0. The standard InChI is InChI=1S/C10H13BrIN/c1-3-13(4-2)10-6-5-8(11)7-9(10)12/h5-7H,3-4H2,1-2H3. The third-order valence-corrected chi connectivity index (χ3v) is 3.37. The molecule has 1 rings (SSSR count). The molecule has 0 saturated heterocycles. The van der Waals surface area contributed by atoms with Gasteiger partial charge in [-0.05, 0) is 54.6 Å². The molecule has 1 nitrogen and oxygen atoms in total. The lowest BCUT2D eigenvalue weighted by Crippen LogP contribution is -2.22. The summed E-state index contributed by atoms with van der Waals surface area (Å²) in [5, 5.41) is 0. The normalized spacial score (nSPS) is 10.2. The molecule has 1 aromatic rings. The molecule has 0 atom stereocenters. The lowest BCUT2D eigenvalue weighted by Gasteiger charge is -2.22. The molecule has 0 aromatic heterocycles. The minimum atomic E-state index is 1.06. The van der Waals surface area contributed by atoms with Gasteiger partial charge >= 0.3 is 0 Å². The van der Waals surface area contributed by atoms with Crippen molar-refractivity contribution in [1.82, 2.24) is 0 Å². The summed E-state index contributed by atoms with van der Waals surface area (Å²) in [6.07, 6.45) is 0. The van der Waals surface area contributed by atoms with E-state index < -0.39 is 0 Å². The summed E-state index contributed by atoms with van der Waals surface area (Å²) in [4.78, 5) is 2.36. The molecule has 0 spiro atoms. The van der Waals surface area contributed by atoms with Crippen molar-refractivity contribution in [2.45, 2.75) is 13.8 Å². The Morgan fingerprint density at radius 2 is 1.92 bits per heavy atom. The lowest BCUT2D eigenvalue weighted by molar-refractivity contribution is 0.863. The third-order valence-electron chi connectivity index (χ3n) is 2.01. The van der Waals surface area contributed by atoms with Gasteiger partial charge < -0.3 is 4.90 Å². The van der Waals surface area contributed by atoms with Gasteiger partial charge in [0, 0.05) is 21.1 Å². The van der Waals surface area contributed by atoms with Crippen molar-refractivity contribution < 1.29 is 0 Å². The van der Waals surface area contributed by atoms with Gasteiger partial charge in [-0.25, -0.2) is 0 Å². The van der Waals surface area contributed by atoms with E-state index in [1.165, 1.54) is 9.26 Å². The first-order valence-corrected chi connectivity index (χ1v) is 6.26. The predicted octanol–water partition coefficient (Wildman–Crippen LogP) is 3.90. The monoisotopic (exact) mass is 353 g/mol. The number of rotatable bonds is 3. The molecule has 0 heterocycles. The Balaban J connectivity index is 2.99. The van der Waals surface area contributed by atoms with Gasteiger partial charge in [-0.15, -0.1) is 0 Å². The maximum absolute atomic E-state index is 3.47. The van der Waals surface area contributed by atoms with E-state index in [-0.39, 0.29) is 0 Å². The van der Waals surface area contributed by atoms with Gasteiger partial charge in [0.25, 0.3) is 0 Å². The maximum atomic E-state index is 3.47. The molecule has 0 aliphatic heterocycles. The van der Waals surface area contributed by atoms with Crippen LogP contribution < -0.4 is 4.90 Å². The van der Waals surface area contributed by atoms with Gasteiger partial charge in [0.15, 0.2) is 0 Å². The Morgan fingerprint density at radius 3 is 2.38 bits per heavy atom. The van der Waals surface area contributed by atoms with Gasteiger partial charge in [-0.2, -0.15) is 0 Å². The molecule has 3 heteroatoms. The van der Waals surface area contributed by atoms with Crippen LogP contribution in [0.15, 0.2) is 22.7 Å². The zero-order chi connectivity index (χ0) is 9.84. The van der Waals surface area contributed by atoms with Crippen LogP contribution in [-0.2, 0) is 0 Å². The average Bonchev–Trinajstić information content (AvgIpc) is 2.10. The highest BCUT2D eigenvalue weighted by atomic mass is 127. The Bertz CT molecular complexity index is 284. The highest BCUT2D eigenvalue weighted by Crippen LogP contribution is 2.25. The van der Waals surface area contributed by atoms with Crippen molar-refractivity contribution in [3.63, 3.8) is 0 Å². The minimum absolute atomic E-state index is 1.06. The number of nitrogens with zero attached hydrogens (tertiary/aromatic N) is 1. The summed E-state index contributed by atoms with van der Waals surface area (Å²) in [5.41, 5.74) is 1.33. The molecule has 0 aliphatic rings. The van der Waals surface area contributed by atoms with E-state index in [0.717, 1.165) is 17.6 Å². The largest absolute Gasteiger partial charge is 0.371 e. The molecule has 0 fully saturated rings. The van der Waals surface area contributed by atoms with Gasteiger partial charge in [0.1, 0.15) is 0 Å². The summed E-state index contributed by atoms with van der Waals surface area (Å²) in [6.45, 7) is 6.49. The summed E-state index contributed by atoms with van der Waals surface area (Å²) in [6, 6.07) is 6.41. The number of hydrogen-bond donors (Lipinski definition) is 0. The zero-order valence-electron chi connectivity index (χ0n) is 7.85. The van der Waals surface area contributed by atoms with E-state index >= 15 is 0 Å². The SMILES string of the molecule is CCN(CC)c1ccc(Br)cc1I. The van der Waals surface area contributed by atoms with E-state index in [4.69, 9.17) is 0 Å². The van der Waals surface area contributed by atoms with Crippen LogP contribution in [0.3, 0.4) is 0 Å². The Kier molecular flexibility index (Phi) is 4.52. The van der Waals surface area contributed by atoms with Crippen LogP contribution in [-0.4, -0.2) is 13.1 Å². The lowest BCUT2D eigenvalue weighted by atomic mass is 10.3. The molecular formula is C10H13BrIN. The molecule has 0 radical (unpaired) electrons.